The maximum Gasteiger partial charge on any atom is 0.407 e. The first kappa shape index (κ1) is 17.0. The Balaban J connectivity index is 1.89. The van der Waals surface area contributed by atoms with Gasteiger partial charge in [0, 0.05) is 13.1 Å². The summed E-state index contributed by atoms with van der Waals surface area (Å²) in [5.74, 6) is 0.497. The summed E-state index contributed by atoms with van der Waals surface area (Å²) in [5.41, 5.74) is 0.569. The van der Waals surface area contributed by atoms with Gasteiger partial charge in [-0.05, 0) is 26.0 Å². The van der Waals surface area contributed by atoms with E-state index in [-0.39, 0.29) is 24.7 Å². The fourth-order valence-electron chi connectivity index (χ4n) is 2.44. The quantitative estimate of drug-likeness (QED) is 0.859. The van der Waals surface area contributed by atoms with Crippen LogP contribution in [0.2, 0.25) is 0 Å². The van der Waals surface area contributed by atoms with Crippen LogP contribution in [0.4, 0.5) is 16.3 Å². The first-order valence-corrected chi connectivity index (χ1v) is 7.46. The molecule has 126 valence electrons. The van der Waals surface area contributed by atoms with E-state index in [1.807, 2.05) is 19.9 Å². The predicted molar refractivity (Wildman–Crippen MR) is 85.5 cm³/mol. The third-order valence-corrected chi connectivity index (χ3v) is 3.35. The molecular formula is C15H22N4O4. The number of rotatable bonds is 4. The molecule has 1 aliphatic heterocycles. The van der Waals surface area contributed by atoms with Gasteiger partial charge in [-0.3, -0.25) is 4.79 Å². The highest BCUT2D eigenvalue weighted by Gasteiger charge is 2.23. The third-order valence-electron chi connectivity index (χ3n) is 3.35. The highest BCUT2D eigenvalue weighted by molar-refractivity contribution is 5.93. The monoisotopic (exact) mass is 322 g/mol. The smallest absolute Gasteiger partial charge is 0.407 e. The van der Waals surface area contributed by atoms with Crippen molar-refractivity contribution in [3.63, 3.8) is 0 Å². The number of nitrogens with one attached hydrogen (secondary N) is 2. The number of morpholine rings is 1. The molecular weight excluding hydrogens is 300 g/mol. The Labute approximate surface area is 135 Å². The van der Waals surface area contributed by atoms with E-state index in [1.165, 1.54) is 7.11 Å². The maximum absolute atomic E-state index is 11.7. The first-order chi connectivity index (χ1) is 11.0. The Morgan fingerprint density at radius 3 is 2.61 bits per heavy atom. The summed E-state index contributed by atoms with van der Waals surface area (Å²) >= 11 is 0. The Bertz CT molecular complexity index is 539. The third kappa shape index (κ3) is 5.10. The molecule has 1 fully saturated rings. The van der Waals surface area contributed by atoms with Crippen molar-refractivity contribution < 1.29 is 19.1 Å². The van der Waals surface area contributed by atoms with Crippen LogP contribution in [0.25, 0.3) is 0 Å². The fraction of sp³-hybridized carbons (Fsp3) is 0.533. The van der Waals surface area contributed by atoms with E-state index in [9.17, 15) is 9.59 Å². The van der Waals surface area contributed by atoms with E-state index >= 15 is 0 Å². The summed E-state index contributed by atoms with van der Waals surface area (Å²) in [6, 6.07) is 3.64. The second-order valence-electron chi connectivity index (χ2n) is 5.46. The standard InChI is InChI=1S/C15H22N4O4/c1-10-8-19(9-11(2)23-10)13-5-4-12(6-16-13)18-14(20)7-17-15(21)22-3/h4-6,10-11H,7-9H2,1-3H3,(H,17,21)(H,18,20)/t10-,11-/m0/s1. The number of anilines is 2. The zero-order valence-corrected chi connectivity index (χ0v) is 13.5. The van der Waals surface area contributed by atoms with E-state index in [1.54, 1.807) is 12.3 Å². The Kier molecular flexibility index (Phi) is 5.75. The Morgan fingerprint density at radius 1 is 1.35 bits per heavy atom. The van der Waals surface area contributed by atoms with E-state index in [0.717, 1.165) is 18.9 Å². The van der Waals surface area contributed by atoms with Gasteiger partial charge in [-0.1, -0.05) is 0 Å². The van der Waals surface area contributed by atoms with E-state index in [4.69, 9.17) is 4.74 Å². The fourth-order valence-corrected chi connectivity index (χ4v) is 2.44. The molecule has 1 aromatic rings. The van der Waals surface area contributed by atoms with Gasteiger partial charge < -0.3 is 25.0 Å². The van der Waals surface area contributed by atoms with Crippen LogP contribution in [0.5, 0.6) is 0 Å². The highest BCUT2D eigenvalue weighted by atomic mass is 16.5. The van der Waals surface area contributed by atoms with Gasteiger partial charge in [0.05, 0.1) is 31.2 Å². The zero-order chi connectivity index (χ0) is 16.8. The molecule has 0 bridgehead atoms. The maximum atomic E-state index is 11.7. The second-order valence-corrected chi connectivity index (χ2v) is 5.46. The zero-order valence-electron chi connectivity index (χ0n) is 13.5. The van der Waals surface area contributed by atoms with E-state index in [2.05, 4.69) is 25.3 Å². The van der Waals surface area contributed by atoms with E-state index in [0.29, 0.717) is 5.69 Å². The molecule has 1 saturated heterocycles. The molecule has 2 rings (SSSR count). The molecule has 8 heteroatoms. The van der Waals surface area contributed by atoms with E-state index < -0.39 is 6.09 Å². The summed E-state index contributed by atoms with van der Waals surface area (Å²) in [6.07, 6.45) is 1.26. The van der Waals surface area contributed by atoms with Crippen molar-refractivity contribution in [2.24, 2.45) is 0 Å². The number of methoxy groups -OCH3 is 1. The van der Waals surface area contributed by atoms with Gasteiger partial charge in [0.1, 0.15) is 12.4 Å². The second kappa shape index (κ2) is 7.77. The average Bonchev–Trinajstić information content (AvgIpc) is 2.52. The van der Waals surface area contributed by atoms with Gasteiger partial charge >= 0.3 is 6.09 Å². The van der Waals surface area contributed by atoms with Crippen molar-refractivity contribution in [1.29, 1.82) is 0 Å². The minimum absolute atomic E-state index is 0.157. The van der Waals surface area contributed by atoms with Crippen molar-refractivity contribution in [2.45, 2.75) is 26.1 Å². The lowest BCUT2D eigenvalue weighted by molar-refractivity contribution is -0.115. The van der Waals surface area contributed by atoms with Crippen molar-refractivity contribution in [1.82, 2.24) is 10.3 Å². The SMILES string of the molecule is COC(=O)NCC(=O)Nc1ccc(N2C[C@H](C)O[C@@H](C)C2)nc1. The van der Waals surface area contributed by atoms with Crippen molar-refractivity contribution in [2.75, 3.05) is 37.0 Å². The number of pyridine rings is 1. The topological polar surface area (TPSA) is 92.8 Å². The summed E-state index contributed by atoms with van der Waals surface area (Å²) in [7, 11) is 1.24. The minimum Gasteiger partial charge on any atom is -0.453 e. The first-order valence-electron chi connectivity index (χ1n) is 7.46. The van der Waals surface area contributed by atoms with Crippen LogP contribution in [-0.4, -0.2) is 55.9 Å². The Morgan fingerprint density at radius 2 is 2.04 bits per heavy atom. The summed E-state index contributed by atoms with van der Waals surface area (Å²) in [4.78, 5) is 29.1. The lowest BCUT2D eigenvalue weighted by atomic mass is 10.2. The van der Waals surface area contributed by atoms with Crippen LogP contribution in [0.15, 0.2) is 18.3 Å². The number of amides is 2. The van der Waals surface area contributed by atoms with Gasteiger partial charge in [0.2, 0.25) is 5.91 Å². The molecule has 8 nitrogen and oxygen atoms in total. The minimum atomic E-state index is -0.649. The molecule has 2 N–H and O–H groups in total. The van der Waals surface area contributed by atoms with Crippen LogP contribution in [-0.2, 0) is 14.3 Å². The molecule has 0 spiro atoms. The average molecular weight is 322 g/mol. The number of aromatic nitrogens is 1. The van der Waals surface area contributed by atoms with Crippen LogP contribution >= 0.6 is 0 Å². The van der Waals surface area contributed by atoms with Gasteiger partial charge in [-0.2, -0.15) is 0 Å². The molecule has 2 atom stereocenters. The van der Waals surface area contributed by atoms with Crippen LogP contribution < -0.4 is 15.5 Å². The van der Waals surface area contributed by atoms with Gasteiger partial charge in [-0.15, -0.1) is 0 Å². The Hall–Kier alpha value is -2.35. The predicted octanol–water partition coefficient (Wildman–Crippen LogP) is 0.990. The molecule has 0 aromatic carbocycles. The summed E-state index contributed by atoms with van der Waals surface area (Å²) < 4.78 is 10.1. The van der Waals surface area contributed by atoms with Crippen LogP contribution in [0.3, 0.4) is 0 Å². The van der Waals surface area contributed by atoms with Gasteiger partial charge in [0.15, 0.2) is 0 Å². The summed E-state index contributed by atoms with van der Waals surface area (Å²) in [6.45, 7) is 5.47. The molecule has 1 aliphatic rings. The number of hydrogen-bond acceptors (Lipinski definition) is 6. The van der Waals surface area contributed by atoms with Crippen molar-refractivity contribution >= 4 is 23.5 Å². The molecule has 2 amide bonds. The summed E-state index contributed by atoms with van der Waals surface area (Å²) in [5, 5.41) is 4.96. The van der Waals surface area contributed by atoms with Crippen LogP contribution in [0, 0.1) is 0 Å². The molecule has 0 radical (unpaired) electrons. The number of hydrogen-bond donors (Lipinski definition) is 2. The number of alkyl carbamates (subject to hydrolysis) is 1. The lowest BCUT2D eigenvalue weighted by Gasteiger charge is -2.36. The molecule has 2 heterocycles. The molecule has 0 unspecified atom stereocenters. The molecule has 0 saturated carbocycles. The van der Waals surface area contributed by atoms with Crippen molar-refractivity contribution in [3.8, 4) is 0 Å². The molecule has 23 heavy (non-hydrogen) atoms. The molecule has 1 aromatic heterocycles. The number of nitrogens with zero attached hydrogens (tertiary/aromatic N) is 2. The van der Waals surface area contributed by atoms with Gasteiger partial charge in [-0.25, -0.2) is 9.78 Å². The van der Waals surface area contributed by atoms with Crippen LogP contribution in [0.1, 0.15) is 13.8 Å². The number of carbonyl (C=O) groups is 2. The highest BCUT2D eigenvalue weighted by Crippen LogP contribution is 2.19. The largest absolute Gasteiger partial charge is 0.453 e. The normalized spacial score (nSPS) is 20.7. The lowest BCUT2D eigenvalue weighted by Crippen LogP contribution is -2.45. The van der Waals surface area contributed by atoms with Crippen molar-refractivity contribution in [3.05, 3.63) is 18.3 Å². The number of ether oxygens (including phenoxy) is 2. The van der Waals surface area contributed by atoms with Gasteiger partial charge in [0.25, 0.3) is 0 Å². The molecule has 0 aliphatic carbocycles. The number of carbonyl (C=O) groups excluding carboxylic acids is 2.